The highest BCUT2D eigenvalue weighted by molar-refractivity contribution is 14.0. The number of halogens is 1. The van der Waals surface area contributed by atoms with E-state index in [4.69, 9.17) is 0 Å². The maximum Gasteiger partial charge on any atom is 0.190 e. The van der Waals surface area contributed by atoms with E-state index in [2.05, 4.69) is 79.6 Å². The molecule has 2 aromatic rings. The lowest BCUT2D eigenvalue weighted by molar-refractivity contribution is 0.238. The molecule has 0 aliphatic carbocycles. The zero-order chi connectivity index (χ0) is 21.9. The molecule has 1 aliphatic rings. The Morgan fingerprint density at radius 2 is 1.91 bits per heavy atom. The number of benzene rings is 1. The van der Waals surface area contributed by atoms with Gasteiger partial charge in [0, 0.05) is 52.1 Å². The quantitative estimate of drug-likeness (QED) is 0.204. The van der Waals surface area contributed by atoms with Gasteiger partial charge in [-0.05, 0) is 45.2 Å². The predicted octanol–water partition coefficient (Wildman–Crippen LogP) is 3.63. The van der Waals surface area contributed by atoms with Gasteiger partial charge in [0.25, 0.3) is 0 Å². The Kier molecular flexibility index (Phi) is 12.0. The van der Waals surface area contributed by atoms with Gasteiger partial charge < -0.3 is 15.2 Å². The van der Waals surface area contributed by atoms with Crippen molar-refractivity contribution < 1.29 is 0 Å². The topological polar surface area (TPSA) is 70.4 Å². The number of fused-ring (bicyclic) bond motifs is 1. The Morgan fingerprint density at radius 1 is 1.12 bits per heavy atom. The first kappa shape index (κ1) is 26.6. The summed E-state index contributed by atoms with van der Waals surface area (Å²) < 4.78 is 2.34. The molecule has 1 aromatic carbocycles. The van der Waals surface area contributed by atoms with Crippen LogP contribution in [0.25, 0.3) is 0 Å². The highest BCUT2D eigenvalue weighted by Crippen LogP contribution is 2.15. The molecule has 1 aromatic heterocycles. The molecule has 2 heterocycles. The van der Waals surface area contributed by atoms with E-state index in [1.807, 2.05) is 7.05 Å². The minimum absolute atomic E-state index is 0. The van der Waals surface area contributed by atoms with Crippen molar-refractivity contribution in [3.63, 3.8) is 0 Å². The number of guanidine groups is 1. The first-order valence-corrected chi connectivity index (χ1v) is 11.8. The maximum atomic E-state index is 4.43. The Labute approximate surface area is 210 Å². The van der Waals surface area contributed by atoms with Gasteiger partial charge in [0.2, 0.25) is 0 Å². The molecule has 1 aliphatic heterocycles. The van der Waals surface area contributed by atoms with Crippen LogP contribution in [0.1, 0.15) is 56.2 Å². The van der Waals surface area contributed by atoms with Crippen molar-refractivity contribution in [1.82, 2.24) is 30.3 Å². The van der Waals surface area contributed by atoms with E-state index in [0.29, 0.717) is 6.04 Å². The van der Waals surface area contributed by atoms with Crippen LogP contribution in [-0.2, 0) is 25.9 Å². The normalized spacial score (nSPS) is 14.9. The molecule has 0 bridgehead atoms. The van der Waals surface area contributed by atoms with Crippen LogP contribution in [0.5, 0.6) is 0 Å². The summed E-state index contributed by atoms with van der Waals surface area (Å²) in [5, 5.41) is 15.7. The van der Waals surface area contributed by atoms with Crippen molar-refractivity contribution in [3.8, 4) is 0 Å². The average Bonchev–Trinajstić information content (AvgIpc) is 3.01. The lowest BCUT2D eigenvalue weighted by Gasteiger charge is -2.25. The number of hydrogen-bond donors (Lipinski definition) is 2. The smallest absolute Gasteiger partial charge is 0.190 e. The number of rotatable bonds is 10. The number of nitrogens with zero attached hydrogens (tertiary/aromatic N) is 5. The van der Waals surface area contributed by atoms with Gasteiger partial charge in [-0.1, -0.05) is 36.8 Å². The highest BCUT2D eigenvalue weighted by Gasteiger charge is 2.14. The summed E-state index contributed by atoms with van der Waals surface area (Å²) >= 11 is 0. The van der Waals surface area contributed by atoms with Crippen molar-refractivity contribution in [2.24, 2.45) is 4.99 Å². The number of hydrogen-bond acceptors (Lipinski definition) is 4. The SMILES string of the molecule is CN=C(NCCCc1nnc2n1CCCCC2)NCCC(C)N(C)Cc1ccccc1.I. The fourth-order valence-corrected chi connectivity index (χ4v) is 4.05. The second-order valence-electron chi connectivity index (χ2n) is 8.56. The van der Waals surface area contributed by atoms with E-state index < -0.39 is 0 Å². The summed E-state index contributed by atoms with van der Waals surface area (Å²) in [4.78, 5) is 6.76. The molecule has 1 atom stereocenters. The average molecular weight is 554 g/mol. The Bertz CT molecular complexity index is 806. The van der Waals surface area contributed by atoms with Crippen molar-refractivity contribution in [1.29, 1.82) is 0 Å². The van der Waals surface area contributed by atoms with Gasteiger partial charge in [0.1, 0.15) is 11.6 Å². The second kappa shape index (κ2) is 14.5. The number of nitrogens with one attached hydrogen (secondary N) is 2. The Morgan fingerprint density at radius 3 is 2.69 bits per heavy atom. The third-order valence-corrected chi connectivity index (χ3v) is 6.16. The number of aromatic nitrogens is 3. The van der Waals surface area contributed by atoms with Crippen LogP contribution in [0.15, 0.2) is 35.3 Å². The van der Waals surface area contributed by atoms with Crippen molar-refractivity contribution >= 4 is 29.9 Å². The number of aryl methyl sites for hydroxylation is 2. The largest absolute Gasteiger partial charge is 0.356 e. The summed E-state index contributed by atoms with van der Waals surface area (Å²) in [5.41, 5.74) is 1.35. The fraction of sp³-hybridized carbons (Fsp3) is 0.625. The van der Waals surface area contributed by atoms with Crippen LogP contribution >= 0.6 is 24.0 Å². The molecule has 8 heteroatoms. The zero-order valence-corrected chi connectivity index (χ0v) is 22.2. The van der Waals surface area contributed by atoms with Gasteiger partial charge in [0.05, 0.1) is 0 Å². The van der Waals surface area contributed by atoms with Gasteiger partial charge in [-0.15, -0.1) is 34.2 Å². The van der Waals surface area contributed by atoms with Crippen molar-refractivity contribution in [3.05, 3.63) is 47.5 Å². The van der Waals surface area contributed by atoms with Gasteiger partial charge in [-0.25, -0.2) is 0 Å². The molecule has 3 rings (SSSR count). The molecule has 7 nitrogen and oxygen atoms in total. The summed E-state index contributed by atoms with van der Waals surface area (Å²) in [6.45, 7) is 6.11. The Balaban J connectivity index is 0.00000363. The lowest BCUT2D eigenvalue weighted by atomic mass is 10.1. The number of aliphatic imine (C=N–C) groups is 1. The van der Waals surface area contributed by atoms with Crippen LogP contribution in [0.2, 0.25) is 0 Å². The molecule has 0 spiro atoms. The van der Waals surface area contributed by atoms with Crippen molar-refractivity contribution in [2.45, 2.75) is 71.0 Å². The van der Waals surface area contributed by atoms with E-state index in [1.54, 1.807) is 0 Å². The fourth-order valence-electron chi connectivity index (χ4n) is 4.05. The summed E-state index contributed by atoms with van der Waals surface area (Å²) in [5.74, 6) is 3.18. The van der Waals surface area contributed by atoms with E-state index in [9.17, 15) is 0 Å². The molecule has 0 saturated heterocycles. The van der Waals surface area contributed by atoms with E-state index in [1.165, 1.54) is 30.7 Å². The van der Waals surface area contributed by atoms with Crippen LogP contribution in [0.4, 0.5) is 0 Å². The third-order valence-electron chi connectivity index (χ3n) is 6.16. The maximum absolute atomic E-state index is 4.43. The zero-order valence-electron chi connectivity index (χ0n) is 19.9. The van der Waals surface area contributed by atoms with Crippen LogP contribution < -0.4 is 10.6 Å². The molecule has 2 N–H and O–H groups in total. The minimum atomic E-state index is 0. The monoisotopic (exact) mass is 553 g/mol. The first-order valence-electron chi connectivity index (χ1n) is 11.8. The lowest BCUT2D eigenvalue weighted by Crippen LogP contribution is -2.40. The van der Waals surface area contributed by atoms with Gasteiger partial charge in [-0.3, -0.25) is 9.89 Å². The van der Waals surface area contributed by atoms with Crippen molar-refractivity contribution in [2.75, 3.05) is 27.2 Å². The summed E-state index contributed by atoms with van der Waals surface area (Å²) in [6.07, 6.45) is 7.89. The molecular weight excluding hydrogens is 513 g/mol. The van der Waals surface area contributed by atoms with Gasteiger partial charge in [-0.2, -0.15) is 0 Å². The first-order chi connectivity index (χ1) is 15.2. The van der Waals surface area contributed by atoms with Crippen LogP contribution in [0, 0.1) is 0 Å². The van der Waals surface area contributed by atoms with E-state index in [-0.39, 0.29) is 24.0 Å². The van der Waals surface area contributed by atoms with E-state index >= 15 is 0 Å². The molecule has 0 fully saturated rings. The predicted molar refractivity (Wildman–Crippen MR) is 143 cm³/mol. The molecule has 32 heavy (non-hydrogen) atoms. The molecule has 178 valence electrons. The molecular formula is C24H40IN7. The van der Waals surface area contributed by atoms with E-state index in [0.717, 1.165) is 63.6 Å². The minimum Gasteiger partial charge on any atom is -0.356 e. The molecule has 0 amide bonds. The summed E-state index contributed by atoms with van der Waals surface area (Å²) in [6, 6.07) is 11.1. The highest BCUT2D eigenvalue weighted by atomic mass is 127. The van der Waals surface area contributed by atoms with Gasteiger partial charge in [0.15, 0.2) is 5.96 Å². The Hall–Kier alpha value is -1.68. The summed E-state index contributed by atoms with van der Waals surface area (Å²) in [7, 11) is 4.02. The standard InChI is InChI=1S/C24H39N7.HI/c1-20(30(3)19-21-11-6-4-7-12-21)15-17-27-24(25-2)26-16-10-14-23-29-28-22-13-8-5-9-18-31(22)23;/h4,6-7,11-12,20H,5,8-10,13-19H2,1-3H3,(H2,25,26,27);1H. The molecule has 1 unspecified atom stereocenters. The molecule has 0 saturated carbocycles. The van der Waals surface area contributed by atoms with Gasteiger partial charge >= 0.3 is 0 Å². The molecule has 0 radical (unpaired) electrons. The second-order valence-corrected chi connectivity index (χ2v) is 8.56. The van der Waals surface area contributed by atoms with Crippen LogP contribution in [0.3, 0.4) is 0 Å². The van der Waals surface area contributed by atoms with Crippen LogP contribution in [-0.4, -0.2) is 58.9 Å². The third kappa shape index (κ3) is 8.35.